The van der Waals surface area contributed by atoms with Crippen LogP contribution in [0, 0.1) is 0 Å². The summed E-state index contributed by atoms with van der Waals surface area (Å²) in [4.78, 5) is 7.30. The molecule has 3 aliphatic rings. The van der Waals surface area contributed by atoms with Crippen molar-refractivity contribution in [1.82, 2.24) is 15.1 Å². The highest BCUT2D eigenvalue weighted by molar-refractivity contribution is 5.84. The number of guanidine groups is 1. The van der Waals surface area contributed by atoms with Gasteiger partial charge in [-0.1, -0.05) is 30.3 Å². The molecule has 0 aromatic heterocycles. The molecule has 3 aliphatic heterocycles. The Morgan fingerprint density at radius 3 is 2.50 bits per heavy atom. The Morgan fingerprint density at radius 2 is 1.82 bits per heavy atom. The van der Waals surface area contributed by atoms with Crippen molar-refractivity contribution in [3.63, 3.8) is 0 Å². The van der Waals surface area contributed by atoms with Gasteiger partial charge in [0.15, 0.2) is 11.9 Å². The molecule has 0 radical (unpaired) electrons. The number of nitrogens with zero attached hydrogens (tertiary/aromatic N) is 3. The average Bonchev–Trinajstić information content (AvgIpc) is 2.70. The van der Waals surface area contributed by atoms with E-state index in [2.05, 4.69) is 10.3 Å². The van der Waals surface area contributed by atoms with Crippen LogP contribution in [0.4, 0.5) is 17.6 Å². The highest BCUT2D eigenvalue weighted by atomic mass is 19.4. The summed E-state index contributed by atoms with van der Waals surface area (Å²) in [5.41, 5.74) is 0.920. The van der Waals surface area contributed by atoms with Gasteiger partial charge in [-0.2, -0.15) is 13.2 Å². The topological polar surface area (TPSA) is 40.1 Å². The summed E-state index contributed by atoms with van der Waals surface area (Å²) in [5.74, 6) is -0.0605. The number of alkyl halides is 3. The standard InChI is InChI=1S/C19H22F4N4O/c20-16-14(12-13-4-2-1-3-5-13)27-7-6-15(19(21,22)23)24-18(27)25-17(16)26-8-10-28-11-9-26/h1-5,14-15H,6-12H2,(H,24,25). The maximum Gasteiger partial charge on any atom is 0.410 e. The highest BCUT2D eigenvalue weighted by Crippen LogP contribution is 2.33. The Bertz CT molecular complexity index is 759. The van der Waals surface area contributed by atoms with E-state index in [1.165, 1.54) is 0 Å². The van der Waals surface area contributed by atoms with E-state index in [0.717, 1.165) is 5.56 Å². The molecule has 0 bridgehead atoms. The second kappa shape index (κ2) is 7.62. The van der Waals surface area contributed by atoms with Crippen LogP contribution in [0.15, 0.2) is 47.0 Å². The molecule has 2 atom stereocenters. The summed E-state index contributed by atoms with van der Waals surface area (Å²) >= 11 is 0. The van der Waals surface area contributed by atoms with Crippen LogP contribution >= 0.6 is 0 Å². The smallest absolute Gasteiger partial charge is 0.378 e. The van der Waals surface area contributed by atoms with Crippen molar-refractivity contribution in [2.75, 3.05) is 32.8 Å². The number of halogens is 4. The lowest BCUT2D eigenvalue weighted by Crippen LogP contribution is -2.59. The first-order valence-electron chi connectivity index (χ1n) is 9.38. The molecule has 0 amide bonds. The van der Waals surface area contributed by atoms with Crippen molar-refractivity contribution in [3.05, 3.63) is 47.5 Å². The van der Waals surface area contributed by atoms with Crippen molar-refractivity contribution in [3.8, 4) is 0 Å². The first-order valence-corrected chi connectivity index (χ1v) is 9.38. The molecule has 0 saturated carbocycles. The number of nitrogens with one attached hydrogen (secondary N) is 1. The molecule has 0 aliphatic carbocycles. The van der Waals surface area contributed by atoms with Crippen LogP contribution in [-0.4, -0.2) is 66.9 Å². The van der Waals surface area contributed by atoms with Crippen LogP contribution in [0.1, 0.15) is 12.0 Å². The molecule has 5 nitrogen and oxygen atoms in total. The van der Waals surface area contributed by atoms with E-state index >= 15 is 4.39 Å². The Hall–Kier alpha value is -2.29. The number of hydrogen-bond acceptors (Lipinski definition) is 5. The Kier molecular flexibility index (Phi) is 5.18. The van der Waals surface area contributed by atoms with E-state index in [1.807, 2.05) is 30.3 Å². The summed E-state index contributed by atoms with van der Waals surface area (Å²) in [6, 6.07) is 6.94. The molecule has 152 valence electrons. The number of rotatable bonds is 3. The van der Waals surface area contributed by atoms with E-state index in [4.69, 9.17) is 4.74 Å². The zero-order valence-corrected chi connectivity index (χ0v) is 15.3. The molecule has 28 heavy (non-hydrogen) atoms. The van der Waals surface area contributed by atoms with Gasteiger partial charge in [-0.3, -0.25) is 0 Å². The van der Waals surface area contributed by atoms with Crippen molar-refractivity contribution >= 4 is 5.96 Å². The molecule has 1 N–H and O–H groups in total. The maximum absolute atomic E-state index is 15.5. The van der Waals surface area contributed by atoms with Gasteiger partial charge in [0, 0.05) is 19.6 Å². The van der Waals surface area contributed by atoms with Gasteiger partial charge in [-0.15, -0.1) is 0 Å². The third kappa shape index (κ3) is 3.80. The third-order valence-corrected chi connectivity index (χ3v) is 5.30. The van der Waals surface area contributed by atoms with Crippen molar-refractivity contribution in [1.29, 1.82) is 0 Å². The summed E-state index contributed by atoms with van der Waals surface area (Å²) < 4.78 is 60.4. The fraction of sp³-hybridized carbons (Fsp3) is 0.526. The third-order valence-electron chi connectivity index (χ3n) is 5.30. The van der Waals surface area contributed by atoms with E-state index in [1.54, 1.807) is 9.80 Å². The SMILES string of the molecule is FC1=C(N2CCOCC2)NC2=NC(C(F)(F)F)CCN2C1Cc1ccccc1. The Labute approximate surface area is 160 Å². The molecule has 1 aromatic rings. The number of hydrogen-bond donors (Lipinski definition) is 1. The molecule has 9 heteroatoms. The van der Waals surface area contributed by atoms with Gasteiger partial charge in [0.25, 0.3) is 0 Å². The molecular weight excluding hydrogens is 376 g/mol. The molecule has 1 saturated heterocycles. The predicted octanol–water partition coefficient (Wildman–Crippen LogP) is 2.66. The molecule has 1 fully saturated rings. The highest BCUT2D eigenvalue weighted by Gasteiger charge is 2.45. The van der Waals surface area contributed by atoms with Crippen LogP contribution in [0.3, 0.4) is 0 Å². The van der Waals surface area contributed by atoms with Gasteiger partial charge < -0.3 is 19.9 Å². The number of ether oxygens (including phenoxy) is 1. The van der Waals surface area contributed by atoms with Crippen LogP contribution in [0.2, 0.25) is 0 Å². The Balaban J connectivity index is 1.69. The first kappa shape index (κ1) is 19.0. The maximum atomic E-state index is 15.5. The number of fused-ring (bicyclic) bond motifs is 1. The second-order valence-electron chi connectivity index (χ2n) is 7.12. The molecular formula is C19H22F4N4O. The zero-order valence-electron chi connectivity index (χ0n) is 15.3. The lowest BCUT2D eigenvalue weighted by Gasteiger charge is -2.44. The average molecular weight is 398 g/mol. The van der Waals surface area contributed by atoms with Crippen LogP contribution < -0.4 is 5.32 Å². The van der Waals surface area contributed by atoms with E-state index in [-0.39, 0.29) is 30.6 Å². The minimum Gasteiger partial charge on any atom is -0.378 e. The monoisotopic (exact) mass is 398 g/mol. The summed E-state index contributed by atoms with van der Waals surface area (Å²) in [5, 5.41) is 2.84. The van der Waals surface area contributed by atoms with Crippen molar-refractivity contribution < 1.29 is 22.3 Å². The molecule has 0 spiro atoms. The van der Waals surface area contributed by atoms with Crippen LogP contribution in [0.25, 0.3) is 0 Å². The minimum absolute atomic E-state index is 0.0946. The van der Waals surface area contributed by atoms with Gasteiger partial charge in [-0.25, -0.2) is 9.38 Å². The minimum atomic E-state index is -4.41. The quantitative estimate of drug-likeness (QED) is 0.795. The Morgan fingerprint density at radius 1 is 1.11 bits per heavy atom. The van der Waals surface area contributed by atoms with E-state index < -0.39 is 18.3 Å². The second-order valence-corrected chi connectivity index (χ2v) is 7.12. The van der Waals surface area contributed by atoms with Crippen molar-refractivity contribution in [2.45, 2.75) is 31.1 Å². The van der Waals surface area contributed by atoms with E-state index in [9.17, 15) is 13.2 Å². The molecule has 4 rings (SSSR count). The van der Waals surface area contributed by atoms with Gasteiger partial charge in [0.05, 0.1) is 19.3 Å². The van der Waals surface area contributed by atoms with Gasteiger partial charge in [0.2, 0.25) is 5.96 Å². The van der Waals surface area contributed by atoms with E-state index in [0.29, 0.717) is 32.7 Å². The number of aliphatic imine (C=N–C) groups is 1. The lowest BCUT2D eigenvalue weighted by molar-refractivity contribution is -0.150. The predicted molar refractivity (Wildman–Crippen MR) is 96.2 cm³/mol. The number of morpholine rings is 1. The van der Waals surface area contributed by atoms with Crippen LogP contribution in [0.5, 0.6) is 0 Å². The summed E-state index contributed by atoms with van der Waals surface area (Å²) in [6.07, 6.45) is -4.23. The summed E-state index contributed by atoms with van der Waals surface area (Å²) in [7, 11) is 0. The van der Waals surface area contributed by atoms with Gasteiger partial charge >= 0.3 is 6.18 Å². The molecule has 1 aromatic carbocycles. The van der Waals surface area contributed by atoms with Gasteiger partial charge in [0.1, 0.15) is 5.82 Å². The lowest BCUT2D eigenvalue weighted by atomic mass is 10.00. The fourth-order valence-corrected chi connectivity index (χ4v) is 3.81. The fourth-order valence-electron chi connectivity index (χ4n) is 3.81. The van der Waals surface area contributed by atoms with Crippen LogP contribution in [-0.2, 0) is 11.2 Å². The van der Waals surface area contributed by atoms with Crippen molar-refractivity contribution in [2.24, 2.45) is 4.99 Å². The van der Waals surface area contributed by atoms with Gasteiger partial charge in [-0.05, 0) is 18.4 Å². The number of benzene rings is 1. The summed E-state index contributed by atoms with van der Waals surface area (Å²) in [6.45, 7) is 1.94. The first-order chi connectivity index (χ1) is 13.4. The largest absolute Gasteiger partial charge is 0.410 e. The normalized spacial score (nSPS) is 25.9. The zero-order chi connectivity index (χ0) is 19.7. The molecule has 2 unspecified atom stereocenters. The molecule has 3 heterocycles.